The summed E-state index contributed by atoms with van der Waals surface area (Å²) >= 11 is 0. The van der Waals surface area contributed by atoms with Crippen molar-refractivity contribution in [1.82, 2.24) is 9.36 Å². The SMILES string of the molecule is COC(=O)CN(c1c(C)n(C)n(-c2ccccc2)c1=O)S(C)(=O)=O. The molecule has 2 rings (SSSR count). The van der Waals surface area contributed by atoms with Crippen LogP contribution in [0.25, 0.3) is 5.69 Å². The number of rotatable bonds is 5. The van der Waals surface area contributed by atoms with Crippen LogP contribution in [0, 0.1) is 6.92 Å². The summed E-state index contributed by atoms with van der Waals surface area (Å²) in [6.07, 6.45) is 0.939. The Labute approximate surface area is 139 Å². The van der Waals surface area contributed by atoms with Crippen molar-refractivity contribution in [1.29, 1.82) is 0 Å². The second-order valence-electron chi connectivity index (χ2n) is 5.26. The standard InChI is InChI=1S/C15H19N3O5S/c1-11-14(17(24(4,21)22)10-13(19)23-3)15(20)18(16(11)2)12-8-6-5-7-9-12/h5-9H,10H2,1-4H3. The molecular formula is C15H19N3O5S. The zero-order valence-electron chi connectivity index (χ0n) is 13.9. The number of esters is 1. The van der Waals surface area contributed by atoms with Crippen LogP contribution in [0.4, 0.5) is 5.69 Å². The van der Waals surface area contributed by atoms with Crippen molar-refractivity contribution < 1.29 is 17.9 Å². The highest BCUT2D eigenvalue weighted by Gasteiger charge is 2.29. The maximum Gasteiger partial charge on any atom is 0.326 e. The summed E-state index contributed by atoms with van der Waals surface area (Å²) in [4.78, 5) is 24.4. The Balaban J connectivity index is 2.70. The van der Waals surface area contributed by atoms with Gasteiger partial charge in [0.15, 0.2) is 0 Å². The van der Waals surface area contributed by atoms with Gasteiger partial charge in [-0.05, 0) is 19.1 Å². The molecule has 0 atom stereocenters. The highest BCUT2D eigenvalue weighted by atomic mass is 32.2. The number of ether oxygens (including phenoxy) is 1. The number of sulfonamides is 1. The first kappa shape index (κ1) is 17.8. The number of methoxy groups -OCH3 is 1. The van der Waals surface area contributed by atoms with Crippen LogP contribution in [0.15, 0.2) is 35.1 Å². The molecule has 0 amide bonds. The van der Waals surface area contributed by atoms with E-state index in [-0.39, 0.29) is 5.69 Å². The molecule has 0 aliphatic carbocycles. The number of para-hydroxylation sites is 1. The predicted molar refractivity (Wildman–Crippen MR) is 90.0 cm³/mol. The lowest BCUT2D eigenvalue weighted by Crippen LogP contribution is -2.38. The van der Waals surface area contributed by atoms with Crippen LogP contribution in [0.5, 0.6) is 0 Å². The smallest absolute Gasteiger partial charge is 0.326 e. The van der Waals surface area contributed by atoms with E-state index < -0.39 is 28.1 Å². The summed E-state index contributed by atoms with van der Waals surface area (Å²) in [6, 6.07) is 8.82. The molecule has 0 aliphatic rings. The number of hydrogen-bond acceptors (Lipinski definition) is 5. The highest BCUT2D eigenvalue weighted by molar-refractivity contribution is 7.92. The van der Waals surface area contributed by atoms with E-state index in [1.807, 2.05) is 6.07 Å². The third-order valence-corrected chi connectivity index (χ3v) is 4.79. The Hall–Kier alpha value is -2.55. The van der Waals surface area contributed by atoms with Gasteiger partial charge in [0, 0.05) is 7.05 Å². The van der Waals surface area contributed by atoms with Gasteiger partial charge in [0.25, 0.3) is 5.56 Å². The normalized spacial score (nSPS) is 11.3. The van der Waals surface area contributed by atoms with Crippen molar-refractivity contribution in [3.63, 3.8) is 0 Å². The molecule has 0 saturated heterocycles. The minimum absolute atomic E-state index is 0.0748. The van der Waals surface area contributed by atoms with Crippen LogP contribution in [0.3, 0.4) is 0 Å². The van der Waals surface area contributed by atoms with Crippen molar-refractivity contribution in [2.45, 2.75) is 6.92 Å². The molecular weight excluding hydrogens is 334 g/mol. The van der Waals surface area contributed by atoms with Crippen molar-refractivity contribution in [3.8, 4) is 5.69 Å². The molecule has 1 heterocycles. The Bertz CT molecular complexity index is 913. The molecule has 0 bridgehead atoms. The first-order chi connectivity index (χ1) is 11.2. The molecule has 0 saturated carbocycles. The molecule has 1 aromatic carbocycles. The number of aromatic nitrogens is 2. The Kier molecular flexibility index (Phi) is 4.83. The van der Waals surface area contributed by atoms with Crippen LogP contribution >= 0.6 is 0 Å². The second kappa shape index (κ2) is 6.52. The first-order valence-electron chi connectivity index (χ1n) is 7.07. The molecule has 24 heavy (non-hydrogen) atoms. The van der Waals surface area contributed by atoms with Crippen LogP contribution in [-0.4, -0.2) is 43.7 Å². The number of benzene rings is 1. The quantitative estimate of drug-likeness (QED) is 0.727. The third kappa shape index (κ3) is 3.21. The fourth-order valence-electron chi connectivity index (χ4n) is 2.39. The minimum Gasteiger partial charge on any atom is -0.468 e. The molecule has 0 unspecified atom stereocenters. The first-order valence-corrected chi connectivity index (χ1v) is 8.92. The summed E-state index contributed by atoms with van der Waals surface area (Å²) in [6.45, 7) is 1.05. The van der Waals surface area contributed by atoms with Crippen LogP contribution < -0.4 is 9.86 Å². The Morgan fingerprint density at radius 3 is 2.33 bits per heavy atom. The van der Waals surface area contributed by atoms with Gasteiger partial charge in [0.2, 0.25) is 10.0 Å². The summed E-state index contributed by atoms with van der Waals surface area (Å²) < 4.78 is 32.4. The number of carbonyl (C=O) groups excluding carboxylic acids is 1. The molecule has 0 spiro atoms. The number of nitrogens with zero attached hydrogens (tertiary/aromatic N) is 3. The van der Waals surface area contributed by atoms with Gasteiger partial charge in [-0.2, -0.15) is 0 Å². The van der Waals surface area contributed by atoms with Crippen molar-refractivity contribution in [2.24, 2.45) is 7.05 Å². The summed E-state index contributed by atoms with van der Waals surface area (Å²) in [5, 5.41) is 0. The summed E-state index contributed by atoms with van der Waals surface area (Å²) in [5.74, 6) is -0.755. The van der Waals surface area contributed by atoms with Gasteiger partial charge in [0.05, 0.1) is 24.7 Å². The van der Waals surface area contributed by atoms with Gasteiger partial charge in [0.1, 0.15) is 12.2 Å². The monoisotopic (exact) mass is 353 g/mol. The van der Waals surface area contributed by atoms with Crippen LogP contribution in [0.1, 0.15) is 5.69 Å². The average Bonchev–Trinajstić information content (AvgIpc) is 2.74. The molecule has 2 aromatic rings. The molecule has 9 heteroatoms. The molecule has 0 radical (unpaired) electrons. The van der Waals surface area contributed by atoms with Crippen LogP contribution in [-0.2, 0) is 26.6 Å². The fourth-order valence-corrected chi connectivity index (χ4v) is 3.27. The third-order valence-electron chi connectivity index (χ3n) is 3.67. The van der Waals surface area contributed by atoms with E-state index in [0.29, 0.717) is 11.4 Å². The van der Waals surface area contributed by atoms with Gasteiger partial charge >= 0.3 is 5.97 Å². The zero-order chi connectivity index (χ0) is 18.1. The molecule has 130 valence electrons. The van der Waals surface area contributed by atoms with Crippen LogP contribution in [0.2, 0.25) is 0 Å². The van der Waals surface area contributed by atoms with E-state index in [1.54, 1.807) is 42.9 Å². The van der Waals surface area contributed by atoms with Gasteiger partial charge in [-0.3, -0.25) is 18.6 Å². The molecule has 0 fully saturated rings. The van der Waals surface area contributed by atoms with E-state index in [9.17, 15) is 18.0 Å². The van der Waals surface area contributed by atoms with E-state index in [2.05, 4.69) is 4.74 Å². The van der Waals surface area contributed by atoms with E-state index >= 15 is 0 Å². The molecule has 0 aliphatic heterocycles. The largest absolute Gasteiger partial charge is 0.468 e. The lowest BCUT2D eigenvalue weighted by atomic mass is 10.3. The van der Waals surface area contributed by atoms with Gasteiger partial charge in [-0.1, -0.05) is 18.2 Å². The lowest BCUT2D eigenvalue weighted by molar-refractivity contribution is -0.138. The van der Waals surface area contributed by atoms with E-state index in [4.69, 9.17) is 0 Å². The number of anilines is 1. The van der Waals surface area contributed by atoms with Crippen molar-refractivity contribution in [2.75, 3.05) is 24.2 Å². The number of hydrogen-bond donors (Lipinski definition) is 0. The summed E-state index contributed by atoms with van der Waals surface area (Å²) in [7, 11) is -1.05. The Morgan fingerprint density at radius 2 is 1.83 bits per heavy atom. The van der Waals surface area contributed by atoms with Crippen molar-refractivity contribution >= 4 is 21.7 Å². The van der Waals surface area contributed by atoms with E-state index in [0.717, 1.165) is 17.7 Å². The predicted octanol–water partition coefficient (Wildman–Crippen LogP) is 0.423. The van der Waals surface area contributed by atoms with Gasteiger partial charge in [-0.25, -0.2) is 13.1 Å². The Morgan fingerprint density at radius 1 is 1.25 bits per heavy atom. The lowest BCUT2D eigenvalue weighted by Gasteiger charge is -2.19. The van der Waals surface area contributed by atoms with E-state index in [1.165, 1.54) is 4.68 Å². The minimum atomic E-state index is -3.85. The molecule has 0 N–H and O–H groups in total. The fraction of sp³-hybridized carbons (Fsp3) is 0.333. The average molecular weight is 353 g/mol. The molecule has 8 nitrogen and oxygen atoms in total. The summed E-state index contributed by atoms with van der Waals surface area (Å²) in [5.41, 5.74) is 0.397. The van der Waals surface area contributed by atoms with Crippen molar-refractivity contribution in [3.05, 3.63) is 46.4 Å². The second-order valence-corrected chi connectivity index (χ2v) is 7.16. The van der Waals surface area contributed by atoms with Gasteiger partial charge < -0.3 is 4.74 Å². The highest BCUT2D eigenvalue weighted by Crippen LogP contribution is 2.20. The number of carbonyl (C=O) groups is 1. The maximum atomic E-state index is 12.9. The van der Waals surface area contributed by atoms with Gasteiger partial charge in [-0.15, -0.1) is 0 Å². The topological polar surface area (TPSA) is 90.6 Å². The zero-order valence-corrected chi connectivity index (χ0v) is 14.7. The maximum absolute atomic E-state index is 12.9. The molecule has 1 aromatic heterocycles.